The van der Waals surface area contributed by atoms with E-state index in [0.29, 0.717) is 26.7 Å². The van der Waals surface area contributed by atoms with Crippen molar-refractivity contribution in [2.75, 3.05) is 19.8 Å². The molecule has 0 spiro atoms. The van der Waals surface area contributed by atoms with Gasteiger partial charge >= 0.3 is 10.0 Å². The van der Waals surface area contributed by atoms with Crippen molar-refractivity contribution in [1.82, 2.24) is 28.9 Å². The van der Waals surface area contributed by atoms with Gasteiger partial charge in [0, 0.05) is 23.9 Å². The summed E-state index contributed by atoms with van der Waals surface area (Å²) in [6.07, 6.45) is -0.605. The van der Waals surface area contributed by atoms with Crippen molar-refractivity contribution in [3.63, 3.8) is 0 Å². The van der Waals surface area contributed by atoms with Crippen molar-refractivity contribution in [3.8, 4) is 5.75 Å². The number of carbonyl (C=O) groups is 1. The van der Waals surface area contributed by atoms with E-state index in [-0.39, 0.29) is 26.3 Å². The smallest absolute Gasteiger partial charge is 0.320 e. The zero-order chi connectivity index (χ0) is 25.2. The average Bonchev–Trinajstić information content (AvgIpc) is 3.54. The zero-order valence-electron chi connectivity index (χ0n) is 18.2. The normalized spacial score (nSPS) is 14.4. The van der Waals surface area contributed by atoms with Crippen LogP contribution in [-0.2, 0) is 34.5 Å². The van der Waals surface area contributed by atoms with Gasteiger partial charge in [0.2, 0.25) is 5.91 Å². The summed E-state index contributed by atoms with van der Waals surface area (Å²) in [6, 6.07) is 6.68. The maximum absolute atomic E-state index is 13.2. The Morgan fingerprint density at radius 2 is 1.94 bits per heavy atom. The Hall–Kier alpha value is -3.43. The van der Waals surface area contributed by atoms with Gasteiger partial charge in [0.15, 0.2) is 0 Å². The number of rotatable bonds is 10. The molecule has 2 aromatic heterocycles. The van der Waals surface area contributed by atoms with Crippen LogP contribution in [0, 0.1) is 0 Å². The molecule has 1 aliphatic rings. The molecular weight excluding hydrogens is 490 g/mol. The molecule has 188 valence electrons. The van der Waals surface area contributed by atoms with Gasteiger partial charge in [-0.25, -0.2) is 18.4 Å². The summed E-state index contributed by atoms with van der Waals surface area (Å²) in [4.78, 5) is 18.2. The largest absolute Gasteiger partial charge is 0.491 e. The first-order valence-electron chi connectivity index (χ1n) is 10.5. The second-order valence-electron chi connectivity index (χ2n) is 7.66. The molecule has 0 aliphatic carbocycles. The second kappa shape index (κ2) is 10.1. The van der Waals surface area contributed by atoms with Gasteiger partial charge in [-0.15, -0.1) is 5.10 Å². The molecule has 0 unspecified atom stereocenters. The monoisotopic (exact) mass is 512 g/mol. The Kier molecular flexibility index (Phi) is 7.09. The molecule has 3 heterocycles. The summed E-state index contributed by atoms with van der Waals surface area (Å²) in [7, 11) is -4.31. The Labute approximate surface area is 198 Å². The SMILES string of the molecule is O=C([C@H](CO)c1ccccc1OCCO)N1Cc2cn(S(=O)(=O)c3ncn(CC(F)F)n3)nc2C1. The number of fused-ring (bicyclic) bond motifs is 1. The number of benzene rings is 1. The van der Waals surface area contributed by atoms with E-state index in [1.807, 2.05) is 0 Å². The summed E-state index contributed by atoms with van der Waals surface area (Å²) in [5.74, 6) is -0.985. The topological polar surface area (TPSA) is 153 Å². The molecule has 1 amide bonds. The molecule has 3 aromatic rings. The first-order chi connectivity index (χ1) is 16.7. The average molecular weight is 512 g/mol. The molecular formula is C20H22F2N6O6S. The van der Waals surface area contributed by atoms with Crippen LogP contribution in [0.25, 0.3) is 0 Å². The highest BCUT2D eigenvalue weighted by molar-refractivity contribution is 7.89. The standard InChI is InChI=1S/C20H22F2N6O6S/c21-18(22)10-27-12-23-20(25-27)35(32,33)28-8-13-7-26(9-16(13)24-28)19(31)15(11-30)14-3-1-2-4-17(14)34-6-5-29/h1-4,8,12,15,18,29-30H,5-7,9-11H2/t15-/m1/s1. The van der Waals surface area contributed by atoms with Crippen LogP contribution in [0.3, 0.4) is 0 Å². The second-order valence-corrected chi connectivity index (χ2v) is 9.35. The molecule has 1 aromatic carbocycles. The Morgan fingerprint density at radius 3 is 2.63 bits per heavy atom. The molecule has 0 fully saturated rings. The highest BCUT2D eigenvalue weighted by Crippen LogP contribution is 2.31. The number of hydrogen-bond acceptors (Lipinski definition) is 9. The van der Waals surface area contributed by atoms with Crippen molar-refractivity contribution >= 4 is 15.9 Å². The van der Waals surface area contributed by atoms with Crippen LogP contribution >= 0.6 is 0 Å². The molecule has 4 rings (SSSR count). The number of ether oxygens (including phenoxy) is 1. The quantitative estimate of drug-likeness (QED) is 0.381. The third-order valence-corrected chi connectivity index (χ3v) is 6.64. The van der Waals surface area contributed by atoms with Crippen molar-refractivity contribution in [1.29, 1.82) is 0 Å². The van der Waals surface area contributed by atoms with Gasteiger partial charge in [0.25, 0.3) is 11.6 Å². The van der Waals surface area contributed by atoms with E-state index in [0.717, 1.165) is 11.0 Å². The minimum absolute atomic E-state index is 0.000101. The predicted molar refractivity (Wildman–Crippen MR) is 114 cm³/mol. The summed E-state index contributed by atoms with van der Waals surface area (Å²) >= 11 is 0. The third kappa shape index (κ3) is 5.01. The Bertz CT molecular complexity index is 1290. The minimum atomic E-state index is -4.31. The van der Waals surface area contributed by atoms with E-state index >= 15 is 0 Å². The fourth-order valence-electron chi connectivity index (χ4n) is 3.70. The number of aliphatic hydroxyl groups is 2. The van der Waals surface area contributed by atoms with Gasteiger partial charge in [-0.2, -0.15) is 17.6 Å². The third-order valence-electron chi connectivity index (χ3n) is 5.31. The molecule has 0 saturated heterocycles. The molecule has 35 heavy (non-hydrogen) atoms. The number of aromatic nitrogens is 5. The first-order valence-corrected chi connectivity index (χ1v) is 11.9. The van der Waals surface area contributed by atoms with Crippen molar-refractivity contribution in [2.45, 2.75) is 37.1 Å². The van der Waals surface area contributed by atoms with Gasteiger partial charge in [-0.3, -0.25) is 4.79 Å². The van der Waals surface area contributed by atoms with Crippen molar-refractivity contribution < 1.29 is 36.9 Å². The maximum atomic E-state index is 13.2. The highest BCUT2D eigenvalue weighted by atomic mass is 32.2. The van der Waals surface area contributed by atoms with Crippen LogP contribution in [0.2, 0.25) is 0 Å². The van der Waals surface area contributed by atoms with Gasteiger partial charge in [-0.1, -0.05) is 18.2 Å². The van der Waals surface area contributed by atoms with E-state index in [1.54, 1.807) is 24.3 Å². The lowest BCUT2D eigenvalue weighted by Crippen LogP contribution is -2.33. The molecule has 1 aliphatic heterocycles. The lowest BCUT2D eigenvalue weighted by molar-refractivity contribution is -0.134. The number of halogens is 2. The fraction of sp³-hybridized carbons (Fsp3) is 0.400. The molecule has 1 atom stereocenters. The van der Waals surface area contributed by atoms with Gasteiger partial charge < -0.3 is 19.8 Å². The summed E-state index contributed by atoms with van der Waals surface area (Å²) in [5, 5.41) is 25.9. The van der Waals surface area contributed by atoms with Crippen LogP contribution in [0.15, 0.2) is 41.9 Å². The number of carbonyl (C=O) groups excluding carboxylic acids is 1. The minimum Gasteiger partial charge on any atom is -0.491 e. The van der Waals surface area contributed by atoms with Crippen molar-refractivity contribution in [2.24, 2.45) is 0 Å². The van der Waals surface area contributed by atoms with Crippen molar-refractivity contribution in [3.05, 3.63) is 53.6 Å². The number of para-hydroxylation sites is 1. The Balaban J connectivity index is 1.50. The lowest BCUT2D eigenvalue weighted by Gasteiger charge is -2.23. The lowest BCUT2D eigenvalue weighted by atomic mass is 9.97. The van der Waals surface area contributed by atoms with Crippen LogP contribution < -0.4 is 4.74 Å². The molecule has 0 bridgehead atoms. The van der Waals surface area contributed by atoms with E-state index in [4.69, 9.17) is 9.84 Å². The summed E-state index contributed by atoms with van der Waals surface area (Å²) in [6.45, 7) is -1.43. The predicted octanol–water partition coefficient (Wildman–Crippen LogP) is -0.0339. The molecule has 0 radical (unpaired) electrons. The maximum Gasteiger partial charge on any atom is 0.320 e. The van der Waals surface area contributed by atoms with Gasteiger partial charge in [0.1, 0.15) is 25.2 Å². The van der Waals surface area contributed by atoms with Crippen LogP contribution in [-0.4, -0.2) is 79.6 Å². The van der Waals surface area contributed by atoms with Crippen LogP contribution in [0.1, 0.15) is 22.7 Å². The molecule has 15 heteroatoms. The first kappa shape index (κ1) is 24.7. The molecule has 2 N–H and O–H groups in total. The Morgan fingerprint density at radius 1 is 1.17 bits per heavy atom. The van der Waals surface area contributed by atoms with E-state index in [2.05, 4.69) is 15.2 Å². The fourth-order valence-corrected chi connectivity index (χ4v) is 4.73. The number of amides is 1. The summed E-state index contributed by atoms with van der Waals surface area (Å²) < 4.78 is 57.4. The van der Waals surface area contributed by atoms with E-state index < -0.39 is 46.6 Å². The number of aliphatic hydroxyl groups excluding tert-OH is 2. The molecule has 12 nitrogen and oxygen atoms in total. The molecule has 0 saturated carbocycles. The zero-order valence-corrected chi connectivity index (χ0v) is 19.1. The van der Waals surface area contributed by atoms with Crippen LogP contribution in [0.5, 0.6) is 5.75 Å². The van der Waals surface area contributed by atoms with Gasteiger partial charge in [-0.05, 0) is 6.07 Å². The number of alkyl halides is 2. The number of hydrogen-bond donors (Lipinski definition) is 2. The highest BCUT2D eigenvalue weighted by Gasteiger charge is 2.35. The van der Waals surface area contributed by atoms with Crippen LogP contribution in [0.4, 0.5) is 8.78 Å². The van der Waals surface area contributed by atoms with E-state index in [1.165, 1.54) is 11.1 Å². The van der Waals surface area contributed by atoms with E-state index in [9.17, 15) is 27.1 Å². The number of nitrogens with zero attached hydrogens (tertiary/aromatic N) is 6. The van der Waals surface area contributed by atoms with Gasteiger partial charge in [0.05, 0.1) is 31.4 Å². The summed E-state index contributed by atoms with van der Waals surface area (Å²) in [5.41, 5.74) is 1.25.